The minimum atomic E-state index is 0.647. The van der Waals surface area contributed by atoms with Crippen molar-refractivity contribution in [3.8, 4) is 16.9 Å². The molecule has 0 saturated heterocycles. The number of rotatable bonds is 5. The van der Waals surface area contributed by atoms with E-state index in [2.05, 4.69) is 24.8 Å². The van der Waals surface area contributed by atoms with Gasteiger partial charge in [-0.1, -0.05) is 48.0 Å². The average Bonchev–Trinajstić information content (AvgIpc) is 2.42. The summed E-state index contributed by atoms with van der Waals surface area (Å²) in [6, 6.07) is 16.0. The maximum absolute atomic E-state index is 6.21. The Morgan fingerprint density at radius 2 is 1.78 bits per heavy atom. The van der Waals surface area contributed by atoms with Crippen LogP contribution in [0.25, 0.3) is 11.1 Å². The van der Waals surface area contributed by atoms with E-state index in [1.54, 1.807) is 0 Å². The molecule has 94 valence electrons. The van der Waals surface area contributed by atoms with Gasteiger partial charge in [-0.25, -0.2) is 0 Å². The predicted molar refractivity (Wildman–Crippen MR) is 80.9 cm³/mol. The quantitative estimate of drug-likeness (QED) is 0.616. The van der Waals surface area contributed by atoms with Crippen molar-refractivity contribution in [1.29, 1.82) is 0 Å². The lowest BCUT2D eigenvalue weighted by molar-refractivity contribution is 0.319. The zero-order valence-corrected chi connectivity index (χ0v) is 11.6. The summed E-state index contributed by atoms with van der Waals surface area (Å²) in [4.78, 5) is 0. The third-order valence-electron chi connectivity index (χ3n) is 2.60. The van der Waals surface area contributed by atoms with Crippen molar-refractivity contribution in [2.24, 2.45) is 0 Å². The van der Waals surface area contributed by atoms with E-state index < -0.39 is 0 Å². The zero-order valence-electron chi connectivity index (χ0n) is 9.97. The Kier molecular flexibility index (Phi) is 4.97. The molecule has 0 unspecified atom stereocenters. The molecule has 0 aromatic heterocycles. The van der Waals surface area contributed by atoms with Crippen LogP contribution >= 0.6 is 24.2 Å². The molecule has 0 amide bonds. The van der Waals surface area contributed by atoms with E-state index in [0.717, 1.165) is 29.1 Å². The summed E-state index contributed by atoms with van der Waals surface area (Å²) in [6.45, 7) is 0.647. The number of benzene rings is 2. The molecule has 2 aromatic carbocycles. The van der Waals surface area contributed by atoms with Gasteiger partial charge in [0.15, 0.2) is 0 Å². The molecule has 0 aliphatic carbocycles. The van der Waals surface area contributed by atoms with Gasteiger partial charge < -0.3 is 4.74 Å². The zero-order chi connectivity index (χ0) is 12.8. The fourth-order valence-corrected chi connectivity index (χ4v) is 2.04. The lowest BCUT2D eigenvalue weighted by Crippen LogP contribution is -1.98. The molecule has 2 aromatic rings. The third-order valence-corrected chi connectivity index (χ3v) is 3.21. The SMILES string of the molecule is SCCCOc1ccc(-c2ccccc2)cc1Cl. The summed E-state index contributed by atoms with van der Waals surface area (Å²) >= 11 is 10.4. The molecule has 2 rings (SSSR count). The number of thiol groups is 1. The highest BCUT2D eigenvalue weighted by Crippen LogP contribution is 2.30. The van der Waals surface area contributed by atoms with Crippen LogP contribution in [-0.2, 0) is 0 Å². The van der Waals surface area contributed by atoms with Crippen LogP contribution in [-0.4, -0.2) is 12.4 Å². The predicted octanol–water partition coefficient (Wildman–Crippen LogP) is 4.71. The molecule has 0 radical (unpaired) electrons. The second kappa shape index (κ2) is 6.72. The summed E-state index contributed by atoms with van der Waals surface area (Å²) in [5, 5.41) is 0.649. The van der Waals surface area contributed by atoms with Crippen molar-refractivity contribution < 1.29 is 4.74 Å². The third kappa shape index (κ3) is 3.44. The van der Waals surface area contributed by atoms with Gasteiger partial charge in [0, 0.05) is 0 Å². The molecular formula is C15H15ClOS. The van der Waals surface area contributed by atoms with E-state index in [0.29, 0.717) is 11.6 Å². The molecule has 0 fully saturated rings. The average molecular weight is 279 g/mol. The Bertz CT molecular complexity index is 499. The van der Waals surface area contributed by atoms with Crippen molar-refractivity contribution in [1.82, 2.24) is 0 Å². The molecule has 3 heteroatoms. The van der Waals surface area contributed by atoms with Crippen molar-refractivity contribution >= 4 is 24.2 Å². The van der Waals surface area contributed by atoms with Gasteiger partial charge in [-0.15, -0.1) is 0 Å². The maximum atomic E-state index is 6.21. The standard InChI is InChI=1S/C15H15ClOS/c16-14-11-13(12-5-2-1-3-6-12)7-8-15(14)17-9-4-10-18/h1-3,5-8,11,18H,4,9-10H2. The Morgan fingerprint density at radius 3 is 2.44 bits per heavy atom. The van der Waals surface area contributed by atoms with Gasteiger partial charge in [0.2, 0.25) is 0 Å². The summed E-state index contributed by atoms with van der Waals surface area (Å²) in [5.41, 5.74) is 2.25. The lowest BCUT2D eigenvalue weighted by Gasteiger charge is -2.09. The van der Waals surface area contributed by atoms with Gasteiger partial charge in [-0.3, -0.25) is 0 Å². The number of hydrogen-bond acceptors (Lipinski definition) is 2. The molecule has 0 saturated carbocycles. The molecule has 0 atom stereocenters. The van der Waals surface area contributed by atoms with Crippen LogP contribution in [0.4, 0.5) is 0 Å². The van der Waals surface area contributed by atoms with Gasteiger partial charge in [0.1, 0.15) is 5.75 Å². The van der Waals surface area contributed by atoms with E-state index in [1.807, 2.05) is 36.4 Å². The molecule has 18 heavy (non-hydrogen) atoms. The maximum Gasteiger partial charge on any atom is 0.137 e. The molecule has 0 spiro atoms. The van der Waals surface area contributed by atoms with Crippen molar-refractivity contribution in [3.63, 3.8) is 0 Å². The highest BCUT2D eigenvalue weighted by atomic mass is 35.5. The fourth-order valence-electron chi connectivity index (χ4n) is 1.67. The van der Waals surface area contributed by atoms with Gasteiger partial charge in [0.25, 0.3) is 0 Å². The van der Waals surface area contributed by atoms with Gasteiger partial charge in [0.05, 0.1) is 11.6 Å². The van der Waals surface area contributed by atoms with E-state index >= 15 is 0 Å². The first-order chi connectivity index (χ1) is 8.81. The van der Waals surface area contributed by atoms with Crippen molar-refractivity contribution in [2.75, 3.05) is 12.4 Å². The monoisotopic (exact) mass is 278 g/mol. The molecule has 1 nitrogen and oxygen atoms in total. The fraction of sp³-hybridized carbons (Fsp3) is 0.200. The van der Waals surface area contributed by atoms with Gasteiger partial charge >= 0.3 is 0 Å². The normalized spacial score (nSPS) is 10.3. The van der Waals surface area contributed by atoms with Crippen LogP contribution in [0.2, 0.25) is 5.02 Å². The van der Waals surface area contributed by atoms with Crippen molar-refractivity contribution in [3.05, 3.63) is 53.6 Å². The lowest BCUT2D eigenvalue weighted by atomic mass is 10.1. The second-order valence-electron chi connectivity index (χ2n) is 3.94. The van der Waals surface area contributed by atoms with Crippen LogP contribution in [0, 0.1) is 0 Å². The van der Waals surface area contributed by atoms with E-state index in [-0.39, 0.29) is 0 Å². The van der Waals surface area contributed by atoms with Crippen LogP contribution in [0.15, 0.2) is 48.5 Å². The summed E-state index contributed by atoms with van der Waals surface area (Å²) in [7, 11) is 0. The molecule has 0 aliphatic heterocycles. The van der Waals surface area contributed by atoms with E-state index in [1.165, 1.54) is 0 Å². The molecule has 0 bridgehead atoms. The molecule has 0 aliphatic rings. The van der Waals surface area contributed by atoms with Crippen LogP contribution in [0.1, 0.15) is 6.42 Å². The Labute approximate surface area is 118 Å². The van der Waals surface area contributed by atoms with Crippen LogP contribution in [0.3, 0.4) is 0 Å². The van der Waals surface area contributed by atoms with Gasteiger partial charge in [-0.2, -0.15) is 12.6 Å². The Hall–Kier alpha value is -1.12. The summed E-state index contributed by atoms with van der Waals surface area (Å²) in [5.74, 6) is 1.55. The topological polar surface area (TPSA) is 9.23 Å². The van der Waals surface area contributed by atoms with E-state index in [9.17, 15) is 0 Å². The molecule has 0 N–H and O–H groups in total. The number of halogens is 1. The first-order valence-electron chi connectivity index (χ1n) is 5.90. The smallest absolute Gasteiger partial charge is 0.137 e. The summed E-state index contributed by atoms with van der Waals surface area (Å²) in [6.07, 6.45) is 0.917. The second-order valence-corrected chi connectivity index (χ2v) is 4.79. The minimum absolute atomic E-state index is 0.647. The van der Waals surface area contributed by atoms with Crippen LogP contribution in [0.5, 0.6) is 5.75 Å². The first kappa shape index (κ1) is 13.3. The highest BCUT2D eigenvalue weighted by molar-refractivity contribution is 7.80. The minimum Gasteiger partial charge on any atom is -0.492 e. The highest BCUT2D eigenvalue weighted by Gasteiger charge is 2.04. The molecular weight excluding hydrogens is 264 g/mol. The number of ether oxygens (including phenoxy) is 1. The van der Waals surface area contributed by atoms with E-state index in [4.69, 9.17) is 16.3 Å². The van der Waals surface area contributed by atoms with Crippen LogP contribution < -0.4 is 4.74 Å². The largest absolute Gasteiger partial charge is 0.492 e. The van der Waals surface area contributed by atoms with Gasteiger partial charge in [-0.05, 0) is 35.4 Å². The summed E-state index contributed by atoms with van der Waals surface area (Å²) < 4.78 is 5.59. The number of hydrogen-bond donors (Lipinski definition) is 1. The Balaban J connectivity index is 2.15. The Morgan fingerprint density at radius 1 is 1.00 bits per heavy atom. The van der Waals surface area contributed by atoms with Crippen molar-refractivity contribution in [2.45, 2.75) is 6.42 Å². The first-order valence-corrected chi connectivity index (χ1v) is 6.91. The molecule has 0 heterocycles.